The summed E-state index contributed by atoms with van der Waals surface area (Å²) in [7, 11) is 0. The van der Waals surface area contributed by atoms with Gasteiger partial charge in [0.25, 0.3) is 5.91 Å². The van der Waals surface area contributed by atoms with Crippen LogP contribution in [0.15, 0.2) is 60.7 Å². The Balaban J connectivity index is 0.00000261. The second-order valence-electron chi connectivity index (χ2n) is 6.22. The van der Waals surface area contributed by atoms with Gasteiger partial charge in [0.05, 0.1) is 16.8 Å². The summed E-state index contributed by atoms with van der Waals surface area (Å²) in [6.45, 7) is 7.73. The lowest BCUT2D eigenvalue weighted by Gasteiger charge is -2.18. The number of carbonyl (C=O) groups excluding carboxylic acids is 1. The van der Waals surface area contributed by atoms with Crippen molar-refractivity contribution in [3.05, 3.63) is 66.2 Å². The minimum absolute atomic E-state index is 0. The number of nitrogens with zero attached hydrogens (tertiary/aromatic N) is 2. The first-order valence-electron chi connectivity index (χ1n) is 9.18. The van der Waals surface area contributed by atoms with Crippen LogP contribution in [0, 0.1) is 0 Å². The summed E-state index contributed by atoms with van der Waals surface area (Å²) in [5.74, 6) is -0.0482. The van der Waals surface area contributed by atoms with Crippen molar-refractivity contribution in [2.45, 2.75) is 13.8 Å². The summed E-state index contributed by atoms with van der Waals surface area (Å²) >= 11 is 0. The third kappa shape index (κ3) is 5.06. The minimum atomic E-state index is -0.0482. The number of nitrogens with one attached hydrogen (secondary N) is 1. The highest BCUT2D eigenvalue weighted by Gasteiger charge is 2.13. The van der Waals surface area contributed by atoms with Crippen molar-refractivity contribution in [3.8, 4) is 11.3 Å². The Morgan fingerprint density at radius 2 is 1.67 bits per heavy atom. The zero-order valence-corrected chi connectivity index (χ0v) is 16.6. The van der Waals surface area contributed by atoms with E-state index in [4.69, 9.17) is 4.98 Å². The maximum atomic E-state index is 12.8. The van der Waals surface area contributed by atoms with Crippen molar-refractivity contribution >= 4 is 29.2 Å². The highest BCUT2D eigenvalue weighted by molar-refractivity contribution is 6.07. The Morgan fingerprint density at radius 3 is 2.37 bits per heavy atom. The first kappa shape index (κ1) is 20.9. The number of rotatable bonds is 7. The molecule has 27 heavy (non-hydrogen) atoms. The van der Waals surface area contributed by atoms with Crippen molar-refractivity contribution in [2.75, 3.05) is 26.2 Å². The van der Waals surface area contributed by atoms with Crippen molar-refractivity contribution in [2.24, 2.45) is 0 Å². The molecule has 0 fully saturated rings. The van der Waals surface area contributed by atoms with Crippen LogP contribution in [0.3, 0.4) is 0 Å². The number of aromatic nitrogens is 1. The average molecular weight is 384 g/mol. The number of fused-ring (bicyclic) bond motifs is 1. The number of carbonyl (C=O) groups is 1. The molecule has 0 aliphatic carbocycles. The Labute approximate surface area is 167 Å². The summed E-state index contributed by atoms with van der Waals surface area (Å²) in [5.41, 5.74) is 3.34. The molecule has 0 saturated heterocycles. The van der Waals surface area contributed by atoms with Crippen LogP contribution in [0.1, 0.15) is 24.2 Å². The quantitative estimate of drug-likeness (QED) is 0.657. The van der Waals surface area contributed by atoms with Crippen LogP contribution in [0.25, 0.3) is 22.2 Å². The molecule has 0 aliphatic rings. The predicted octanol–water partition coefficient (Wildman–Crippen LogP) is 4.40. The zero-order chi connectivity index (χ0) is 18.4. The third-order valence-corrected chi connectivity index (χ3v) is 4.64. The fourth-order valence-electron chi connectivity index (χ4n) is 3.08. The molecule has 0 spiro atoms. The maximum absolute atomic E-state index is 12.8. The number of hydrogen-bond donors (Lipinski definition) is 1. The van der Waals surface area contributed by atoms with Gasteiger partial charge in [-0.05, 0) is 25.2 Å². The number of amides is 1. The summed E-state index contributed by atoms with van der Waals surface area (Å²) < 4.78 is 0. The number of pyridine rings is 1. The van der Waals surface area contributed by atoms with E-state index < -0.39 is 0 Å². The van der Waals surface area contributed by atoms with Gasteiger partial charge in [-0.25, -0.2) is 4.98 Å². The Morgan fingerprint density at radius 1 is 1.00 bits per heavy atom. The molecule has 4 nitrogen and oxygen atoms in total. The van der Waals surface area contributed by atoms with E-state index in [1.54, 1.807) is 0 Å². The van der Waals surface area contributed by atoms with Gasteiger partial charge in [0.2, 0.25) is 0 Å². The normalized spacial score (nSPS) is 10.6. The summed E-state index contributed by atoms with van der Waals surface area (Å²) in [6, 6.07) is 19.7. The molecule has 0 bridgehead atoms. The highest BCUT2D eigenvalue weighted by atomic mass is 35.5. The summed E-state index contributed by atoms with van der Waals surface area (Å²) in [5, 5.41) is 3.94. The smallest absolute Gasteiger partial charge is 0.252 e. The maximum Gasteiger partial charge on any atom is 0.252 e. The van der Waals surface area contributed by atoms with E-state index in [0.717, 1.165) is 41.8 Å². The van der Waals surface area contributed by atoms with Crippen LogP contribution in [0.2, 0.25) is 0 Å². The van der Waals surface area contributed by atoms with Crippen LogP contribution in [-0.2, 0) is 0 Å². The number of para-hydroxylation sites is 1. The molecule has 1 aromatic heterocycles. The lowest BCUT2D eigenvalue weighted by atomic mass is 10.0. The predicted molar refractivity (Wildman–Crippen MR) is 115 cm³/mol. The van der Waals surface area contributed by atoms with Gasteiger partial charge in [-0.3, -0.25) is 4.79 Å². The SMILES string of the molecule is CCN(CC)CCNC(=O)c1cc(-c2ccccc2)nc2ccccc12.Cl. The molecule has 0 atom stereocenters. The van der Waals surface area contributed by atoms with Crippen molar-refractivity contribution in [1.29, 1.82) is 0 Å². The molecule has 1 amide bonds. The fourth-order valence-corrected chi connectivity index (χ4v) is 3.08. The standard InChI is InChI=1S/C22H25N3O.ClH/c1-3-25(4-2)15-14-23-22(26)19-16-21(17-10-6-5-7-11-17)24-20-13-9-8-12-18(19)20;/h5-13,16H,3-4,14-15H2,1-2H3,(H,23,26);1H. The second-order valence-corrected chi connectivity index (χ2v) is 6.22. The van der Waals surface area contributed by atoms with Crippen molar-refractivity contribution in [1.82, 2.24) is 15.2 Å². The minimum Gasteiger partial charge on any atom is -0.351 e. The topological polar surface area (TPSA) is 45.2 Å². The van der Waals surface area contributed by atoms with Gasteiger partial charge >= 0.3 is 0 Å². The molecule has 0 saturated carbocycles. The molecule has 0 unspecified atom stereocenters. The number of likely N-dealkylation sites (N-methyl/N-ethyl adjacent to an activating group) is 1. The molecule has 1 N–H and O–H groups in total. The van der Waals surface area contributed by atoms with E-state index in [1.807, 2.05) is 60.7 Å². The Hall–Kier alpha value is -2.43. The fraction of sp³-hybridized carbons (Fsp3) is 0.273. The molecule has 0 aliphatic heterocycles. The molecular weight excluding hydrogens is 358 g/mol. The number of halogens is 1. The molecule has 3 rings (SSSR count). The van der Waals surface area contributed by atoms with E-state index in [2.05, 4.69) is 24.1 Å². The number of hydrogen-bond acceptors (Lipinski definition) is 3. The molecule has 142 valence electrons. The van der Waals surface area contributed by atoms with Crippen LogP contribution in [0.5, 0.6) is 0 Å². The highest BCUT2D eigenvalue weighted by Crippen LogP contribution is 2.24. The van der Waals surface area contributed by atoms with E-state index in [1.165, 1.54) is 0 Å². The Kier molecular flexibility index (Phi) is 7.77. The Bertz CT molecular complexity index is 879. The van der Waals surface area contributed by atoms with Gasteiger partial charge in [0.1, 0.15) is 0 Å². The average Bonchev–Trinajstić information content (AvgIpc) is 2.71. The van der Waals surface area contributed by atoms with Gasteiger partial charge in [-0.1, -0.05) is 62.4 Å². The summed E-state index contributed by atoms with van der Waals surface area (Å²) in [6.07, 6.45) is 0. The van der Waals surface area contributed by atoms with Gasteiger partial charge in [-0.2, -0.15) is 0 Å². The molecule has 0 radical (unpaired) electrons. The monoisotopic (exact) mass is 383 g/mol. The van der Waals surface area contributed by atoms with Crippen molar-refractivity contribution < 1.29 is 4.79 Å². The van der Waals surface area contributed by atoms with E-state index >= 15 is 0 Å². The zero-order valence-electron chi connectivity index (χ0n) is 15.8. The van der Waals surface area contributed by atoms with Crippen molar-refractivity contribution in [3.63, 3.8) is 0 Å². The largest absolute Gasteiger partial charge is 0.351 e. The van der Waals surface area contributed by atoms with Gasteiger partial charge < -0.3 is 10.2 Å². The van der Waals surface area contributed by atoms with Gasteiger partial charge in [0.15, 0.2) is 0 Å². The van der Waals surface area contributed by atoms with Crippen LogP contribution in [-0.4, -0.2) is 42.0 Å². The van der Waals surface area contributed by atoms with E-state index in [0.29, 0.717) is 12.1 Å². The molecular formula is C22H26ClN3O. The molecule has 1 heterocycles. The lowest BCUT2D eigenvalue weighted by molar-refractivity contribution is 0.0950. The molecule has 2 aromatic carbocycles. The van der Waals surface area contributed by atoms with Crippen LogP contribution >= 0.6 is 12.4 Å². The second kappa shape index (κ2) is 10.0. The number of benzene rings is 2. The first-order valence-corrected chi connectivity index (χ1v) is 9.18. The third-order valence-electron chi connectivity index (χ3n) is 4.64. The van der Waals surface area contributed by atoms with Gasteiger partial charge in [-0.15, -0.1) is 12.4 Å². The van der Waals surface area contributed by atoms with Crippen LogP contribution in [0.4, 0.5) is 0 Å². The lowest BCUT2D eigenvalue weighted by Crippen LogP contribution is -2.34. The first-order chi connectivity index (χ1) is 12.7. The molecule has 5 heteroatoms. The van der Waals surface area contributed by atoms with Crippen LogP contribution < -0.4 is 5.32 Å². The van der Waals surface area contributed by atoms with Gasteiger partial charge in [0, 0.05) is 24.0 Å². The van der Waals surface area contributed by atoms with E-state index in [9.17, 15) is 4.79 Å². The molecule has 3 aromatic rings. The summed E-state index contributed by atoms with van der Waals surface area (Å²) in [4.78, 5) is 19.9. The van der Waals surface area contributed by atoms with E-state index in [-0.39, 0.29) is 18.3 Å².